The van der Waals surface area contributed by atoms with E-state index < -0.39 is 24.6 Å². The molecule has 5 rings (SSSR count). The van der Waals surface area contributed by atoms with Crippen LogP contribution in [0.3, 0.4) is 0 Å². The van der Waals surface area contributed by atoms with E-state index in [9.17, 15) is 19.2 Å². The lowest BCUT2D eigenvalue weighted by Gasteiger charge is -2.22. The fraction of sp³-hybridized carbons (Fsp3) is 0.500. The Morgan fingerprint density at radius 1 is 0.333 bits per heavy atom. The van der Waals surface area contributed by atoms with Gasteiger partial charge in [-0.2, -0.15) is 0 Å². The van der Waals surface area contributed by atoms with Gasteiger partial charge in [0.25, 0.3) is 0 Å². The van der Waals surface area contributed by atoms with Crippen LogP contribution in [0.5, 0.6) is 23.0 Å². The summed E-state index contributed by atoms with van der Waals surface area (Å²) >= 11 is 0. The number of carbonyl (C=O) groups is 4. The van der Waals surface area contributed by atoms with Crippen molar-refractivity contribution in [1.82, 2.24) is 0 Å². The van der Waals surface area contributed by atoms with Gasteiger partial charge in [0.05, 0.1) is 26.4 Å². The fourth-order valence-corrected chi connectivity index (χ4v) is 7.26. The Balaban J connectivity index is 1.74. The molecular weight excluding hydrogens is 769 g/mol. The van der Waals surface area contributed by atoms with Crippen LogP contribution in [0.1, 0.15) is 130 Å². The highest BCUT2D eigenvalue weighted by Gasteiger charge is 2.30. The summed E-state index contributed by atoms with van der Waals surface area (Å²) in [6.07, 6.45) is 10.6. The number of unbranched alkanes of at least 4 members (excludes halogenated alkanes) is 12. The van der Waals surface area contributed by atoms with Gasteiger partial charge in [-0.15, -0.1) is 0 Å². The first-order valence-electron chi connectivity index (χ1n) is 21.9. The van der Waals surface area contributed by atoms with E-state index in [0.717, 1.165) is 77.0 Å². The lowest BCUT2D eigenvalue weighted by Crippen LogP contribution is -2.18. The molecule has 0 amide bonds. The quantitative estimate of drug-likeness (QED) is 0.0253. The normalized spacial score (nSPS) is 11.3. The van der Waals surface area contributed by atoms with Crippen LogP contribution in [0, 0.1) is 20.9 Å². The summed E-state index contributed by atoms with van der Waals surface area (Å²) in [5.41, 5.74) is 0. The summed E-state index contributed by atoms with van der Waals surface area (Å²) in [7, 11) is 0. The number of ether oxygens (including phenoxy) is 8. The first-order chi connectivity index (χ1) is 29.3. The van der Waals surface area contributed by atoms with Crippen molar-refractivity contribution in [3.05, 3.63) is 69.4 Å². The standard InChI is InChI=1S/C48H60O12/c1-5-9-13-21-29-53-45(49)57-41-33-25-17-18-26-34(33)42(58-46(50)54-30-22-14-10-6-2)38-37(41)39-40(38)44(60-48(52)56-32-24-16-12-8-4)36-28-20-19-27-35(36)43(39)59-47(51)55-31-23-15-11-7-3/h17-20,25-28H,5-16,21-24,29-32H2,1-4H3. The Morgan fingerprint density at radius 2 is 0.550 bits per heavy atom. The predicted molar refractivity (Wildman–Crippen MR) is 228 cm³/mol. The van der Waals surface area contributed by atoms with Crippen LogP contribution in [-0.4, -0.2) is 51.0 Å². The Bertz CT molecular complexity index is 1940. The van der Waals surface area contributed by atoms with E-state index >= 15 is 0 Å². The van der Waals surface area contributed by atoms with E-state index in [-0.39, 0.29) is 70.3 Å². The molecule has 0 N–H and O–H groups in total. The molecule has 1 aliphatic rings. The van der Waals surface area contributed by atoms with Gasteiger partial charge in [0.1, 0.15) is 0 Å². The molecule has 0 saturated heterocycles. The summed E-state index contributed by atoms with van der Waals surface area (Å²) in [4.78, 5) is 53.8. The second-order valence-corrected chi connectivity index (χ2v) is 15.0. The molecule has 0 bridgehead atoms. The van der Waals surface area contributed by atoms with Crippen LogP contribution < -0.4 is 18.9 Å². The third kappa shape index (κ3) is 11.8. The maximum absolute atomic E-state index is 13.5. The van der Waals surface area contributed by atoms with Gasteiger partial charge in [-0.25, -0.2) is 19.2 Å². The zero-order chi connectivity index (χ0) is 42.7. The Morgan fingerprint density at radius 3 is 0.750 bits per heavy atom. The minimum absolute atomic E-state index is 0.0736. The molecule has 0 unspecified atom stereocenters. The van der Waals surface area contributed by atoms with Gasteiger partial charge in [0, 0.05) is 42.4 Å². The third-order valence-electron chi connectivity index (χ3n) is 10.4. The van der Waals surface area contributed by atoms with Gasteiger partial charge < -0.3 is 37.9 Å². The summed E-state index contributed by atoms with van der Waals surface area (Å²) in [6.45, 7) is 9.01. The highest BCUT2D eigenvalue weighted by Crippen LogP contribution is 2.47. The molecule has 1 aliphatic carbocycles. The maximum atomic E-state index is 13.5. The number of fused-ring (bicyclic) bond motifs is 4. The lowest BCUT2D eigenvalue weighted by atomic mass is 9.91. The SMILES string of the molecule is CCCCCCOC(=O)Oc1c2c(c(OC(=O)OCCCCCC)c3ccccc13)=c1c(OC(=O)OCCCCCC)c3ccccc3c(OC(=O)OCCCCCC)c1=2. The fourth-order valence-electron chi connectivity index (χ4n) is 7.26. The first kappa shape index (κ1) is 45.6. The molecule has 4 aromatic carbocycles. The maximum Gasteiger partial charge on any atom is 0.513 e. The van der Waals surface area contributed by atoms with Gasteiger partial charge in [-0.3, -0.25) is 0 Å². The number of carbonyl (C=O) groups excluding carboxylic acids is 4. The van der Waals surface area contributed by atoms with Gasteiger partial charge in [-0.1, -0.05) is 153 Å². The average Bonchev–Trinajstić information content (AvgIpc) is 3.24. The van der Waals surface area contributed by atoms with Crippen molar-refractivity contribution in [3.8, 4) is 23.0 Å². The first-order valence-corrected chi connectivity index (χ1v) is 21.9. The molecule has 0 atom stereocenters. The van der Waals surface area contributed by atoms with Crippen molar-refractivity contribution in [1.29, 1.82) is 0 Å². The smallest absolute Gasteiger partial charge is 0.434 e. The van der Waals surface area contributed by atoms with E-state index in [0.29, 0.717) is 47.2 Å². The van der Waals surface area contributed by atoms with Crippen molar-refractivity contribution in [2.45, 2.75) is 130 Å². The molecule has 0 heterocycles. The van der Waals surface area contributed by atoms with Crippen LogP contribution >= 0.6 is 0 Å². The molecular formula is C48H60O12. The zero-order valence-corrected chi connectivity index (χ0v) is 35.7. The van der Waals surface area contributed by atoms with E-state index in [1.165, 1.54) is 0 Å². The highest BCUT2D eigenvalue weighted by atomic mass is 16.7. The summed E-state index contributed by atoms with van der Waals surface area (Å²) in [6, 6.07) is 13.9. The Kier molecular flexibility index (Phi) is 18.2. The predicted octanol–water partition coefficient (Wildman–Crippen LogP) is 13.3. The minimum Gasteiger partial charge on any atom is -0.434 e. The van der Waals surface area contributed by atoms with Gasteiger partial charge in [-0.05, 0) is 25.7 Å². The van der Waals surface area contributed by atoms with Crippen molar-refractivity contribution in [3.63, 3.8) is 0 Å². The van der Waals surface area contributed by atoms with E-state index in [1.807, 2.05) is 0 Å². The molecule has 0 spiro atoms. The lowest BCUT2D eigenvalue weighted by molar-refractivity contribution is 0.0942. The number of hydrogen-bond donors (Lipinski definition) is 0. The molecule has 12 nitrogen and oxygen atoms in total. The van der Waals surface area contributed by atoms with Crippen LogP contribution in [0.15, 0.2) is 48.5 Å². The third-order valence-corrected chi connectivity index (χ3v) is 10.4. The van der Waals surface area contributed by atoms with Crippen LogP contribution in [0.25, 0.3) is 21.5 Å². The van der Waals surface area contributed by atoms with Crippen molar-refractivity contribution >= 4 is 46.2 Å². The zero-order valence-electron chi connectivity index (χ0n) is 35.7. The van der Waals surface area contributed by atoms with Crippen molar-refractivity contribution in [2.75, 3.05) is 26.4 Å². The topological polar surface area (TPSA) is 142 Å². The second kappa shape index (κ2) is 23.9. The highest BCUT2D eigenvalue weighted by molar-refractivity contribution is 6.00. The van der Waals surface area contributed by atoms with Crippen molar-refractivity contribution < 1.29 is 57.1 Å². The molecule has 0 aliphatic heterocycles. The monoisotopic (exact) mass is 828 g/mol. The largest absolute Gasteiger partial charge is 0.513 e. The van der Waals surface area contributed by atoms with Gasteiger partial charge in [0.2, 0.25) is 0 Å². The summed E-state index contributed by atoms with van der Waals surface area (Å²) in [5, 5.41) is 2.70. The Hall–Kier alpha value is -5.52. The molecule has 0 saturated carbocycles. The van der Waals surface area contributed by atoms with Crippen LogP contribution in [-0.2, 0) is 18.9 Å². The van der Waals surface area contributed by atoms with Gasteiger partial charge >= 0.3 is 24.6 Å². The molecule has 60 heavy (non-hydrogen) atoms. The Labute approximate surface area is 351 Å². The number of benzene rings is 4. The molecule has 0 radical (unpaired) electrons. The van der Waals surface area contributed by atoms with Gasteiger partial charge in [0.15, 0.2) is 23.0 Å². The molecule has 324 valence electrons. The minimum atomic E-state index is -0.940. The number of rotatable bonds is 24. The van der Waals surface area contributed by atoms with Crippen LogP contribution in [0.2, 0.25) is 0 Å². The van der Waals surface area contributed by atoms with E-state index in [4.69, 9.17) is 37.9 Å². The average molecular weight is 829 g/mol. The van der Waals surface area contributed by atoms with E-state index in [2.05, 4.69) is 27.7 Å². The molecule has 0 aromatic heterocycles. The second-order valence-electron chi connectivity index (χ2n) is 15.0. The summed E-state index contributed by atoms with van der Waals surface area (Å²) < 4.78 is 46.4. The van der Waals surface area contributed by atoms with E-state index in [1.54, 1.807) is 48.5 Å². The molecule has 4 aromatic rings. The molecule has 12 heteroatoms. The van der Waals surface area contributed by atoms with Crippen LogP contribution in [0.4, 0.5) is 19.2 Å². The number of hydrogen-bond acceptors (Lipinski definition) is 12. The van der Waals surface area contributed by atoms with Crippen molar-refractivity contribution in [2.24, 2.45) is 0 Å². The summed E-state index contributed by atoms with van der Waals surface area (Å²) in [5.74, 6) is 0.294. The molecule has 0 fully saturated rings.